The third-order valence-electron chi connectivity index (χ3n) is 5.79. The van der Waals surface area contributed by atoms with Crippen LogP contribution in [-0.2, 0) is 14.3 Å². The highest BCUT2D eigenvalue weighted by Crippen LogP contribution is 2.32. The smallest absolute Gasteiger partial charge is 0.408 e. The molecule has 2 aromatic rings. The van der Waals surface area contributed by atoms with Crippen molar-refractivity contribution in [2.24, 2.45) is 0 Å². The lowest BCUT2D eigenvalue weighted by Crippen LogP contribution is -2.55. The van der Waals surface area contributed by atoms with E-state index in [4.69, 9.17) is 9.47 Å². The zero-order valence-corrected chi connectivity index (χ0v) is 22.6. The van der Waals surface area contributed by atoms with Gasteiger partial charge in [-0.3, -0.25) is 9.59 Å². The van der Waals surface area contributed by atoms with Crippen LogP contribution in [-0.4, -0.2) is 47.6 Å². The Morgan fingerprint density at radius 3 is 2.17 bits per heavy atom. The Labute approximate surface area is 214 Å². The molecule has 3 amide bonds. The van der Waals surface area contributed by atoms with Crippen molar-refractivity contribution in [1.29, 1.82) is 0 Å². The van der Waals surface area contributed by atoms with Crippen molar-refractivity contribution in [3.05, 3.63) is 59.7 Å². The summed E-state index contributed by atoms with van der Waals surface area (Å²) in [5.74, 6) is -0.0950. The normalized spacial score (nSPS) is 12.3. The first kappa shape index (κ1) is 28.7. The van der Waals surface area contributed by atoms with Crippen molar-refractivity contribution in [3.63, 3.8) is 0 Å². The van der Waals surface area contributed by atoms with Crippen molar-refractivity contribution in [2.75, 3.05) is 19.0 Å². The molecule has 8 nitrogen and oxygen atoms in total. The summed E-state index contributed by atoms with van der Waals surface area (Å²) in [6.07, 6.45) is -0.108. The molecule has 196 valence electrons. The molecule has 8 heteroatoms. The number of amides is 3. The Kier molecular flexibility index (Phi) is 9.50. The summed E-state index contributed by atoms with van der Waals surface area (Å²) in [5.41, 5.74) is 0.819. The Morgan fingerprint density at radius 2 is 1.64 bits per heavy atom. The highest BCUT2D eigenvalue weighted by Gasteiger charge is 2.40. The van der Waals surface area contributed by atoms with E-state index in [2.05, 4.69) is 10.6 Å². The monoisotopic (exact) mass is 497 g/mol. The number of benzene rings is 2. The standard InChI is InChI=1S/C28H39N3O5/c1-9-28(6,7)31(23(32)18-29-26(34)36-27(3,4)5)24(20-12-10-11-19(2)17-20)25(33)30-21-13-15-22(35-8)16-14-21/h10-17,24H,9,18H2,1-8H3,(H,29,34)(H,30,33). The number of carbonyl (C=O) groups excluding carboxylic acids is 3. The molecule has 0 bridgehead atoms. The van der Waals surface area contributed by atoms with E-state index in [9.17, 15) is 14.4 Å². The summed E-state index contributed by atoms with van der Waals surface area (Å²) in [6.45, 7) is 12.6. The van der Waals surface area contributed by atoms with Gasteiger partial charge >= 0.3 is 6.09 Å². The second-order valence-corrected chi connectivity index (χ2v) is 10.3. The van der Waals surface area contributed by atoms with Crippen LogP contribution in [0, 0.1) is 6.92 Å². The molecule has 1 atom stereocenters. The third kappa shape index (κ3) is 8.00. The van der Waals surface area contributed by atoms with Gasteiger partial charge in [0.15, 0.2) is 0 Å². The lowest BCUT2D eigenvalue weighted by Gasteiger charge is -2.43. The van der Waals surface area contributed by atoms with Gasteiger partial charge in [-0.25, -0.2) is 4.79 Å². The summed E-state index contributed by atoms with van der Waals surface area (Å²) < 4.78 is 10.5. The predicted molar refractivity (Wildman–Crippen MR) is 141 cm³/mol. The zero-order valence-electron chi connectivity index (χ0n) is 22.6. The van der Waals surface area contributed by atoms with Crippen LogP contribution in [0.25, 0.3) is 0 Å². The van der Waals surface area contributed by atoms with Gasteiger partial charge in [0.05, 0.1) is 7.11 Å². The number of hydrogen-bond acceptors (Lipinski definition) is 5. The van der Waals surface area contributed by atoms with E-state index >= 15 is 0 Å². The van der Waals surface area contributed by atoms with Crippen LogP contribution in [0.15, 0.2) is 48.5 Å². The van der Waals surface area contributed by atoms with Crippen LogP contribution in [0.3, 0.4) is 0 Å². The van der Waals surface area contributed by atoms with Crippen molar-refractivity contribution >= 4 is 23.6 Å². The van der Waals surface area contributed by atoms with Crippen molar-refractivity contribution in [2.45, 2.75) is 72.1 Å². The number of ether oxygens (including phenoxy) is 2. The van der Waals surface area contributed by atoms with Crippen LogP contribution in [0.4, 0.5) is 10.5 Å². The molecular weight excluding hydrogens is 458 g/mol. The quantitative estimate of drug-likeness (QED) is 0.495. The number of methoxy groups -OCH3 is 1. The first-order valence-corrected chi connectivity index (χ1v) is 12.1. The molecule has 0 aromatic heterocycles. The second kappa shape index (κ2) is 11.9. The molecule has 0 saturated heterocycles. The van der Waals surface area contributed by atoms with Gasteiger partial charge in [0, 0.05) is 11.2 Å². The molecule has 0 aliphatic heterocycles. The van der Waals surface area contributed by atoms with Crippen molar-refractivity contribution in [1.82, 2.24) is 10.2 Å². The van der Waals surface area contributed by atoms with Gasteiger partial charge in [-0.05, 0) is 77.8 Å². The molecule has 2 rings (SSSR count). The molecule has 36 heavy (non-hydrogen) atoms. The molecule has 0 fully saturated rings. The van der Waals surface area contributed by atoms with Crippen LogP contribution in [0.5, 0.6) is 5.75 Å². The maximum absolute atomic E-state index is 13.8. The SMILES string of the molecule is CCC(C)(C)N(C(=O)CNC(=O)OC(C)(C)C)C(C(=O)Nc1ccc(OC)cc1)c1cccc(C)c1. The number of nitrogens with one attached hydrogen (secondary N) is 2. The number of aryl methyl sites for hydroxylation is 1. The number of rotatable bonds is 9. The lowest BCUT2D eigenvalue weighted by molar-refractivity contribution is -0.145. The Bertz CT molecular complexity index is 1060. The number of carbonyl (C=O) groups is 3. The average molecular weight is 498 g/mol. The van der Waals surface area contributed by atoms with Gasteiger partial charge in [-0.1, -0.05) is 36.8 Å². The van der Waals surface area contributed by atoms with Gasteiger partial charge in [0.2, 0.25) is 5.91 Å². The Morgan fingerprint density at radius 1 is 1.00 bits per heavy atom. The molecular formula is C28H39N3O5. The van der Waals surface area contributed by atoms with E-state index in [0.29, 0.717) is 23.4 Å². The number of hydrogen-bond donors (Lipinski definition) is 2. The highest BCUT2D eigenvalue weighted by atomic mass is 16.6. The number of alkyl carbamates (subject to hydrolysis) is 1. The van der Waals surface area contributed by atoms with Gasteiger partial charge in [-0.2, -0.15) is 0 Å². The second-order valence-electron chi connectivity index (χ2n) is 10.3. The van der Waals surface area contributed by atoms with Gasteiger partial charge in [-0.15, -0.1) is 0 Å². The molecule has 0 aliphatic rings. The van der Waals surface area contributed by atoms with E-state index in [1.807, 2.05) is 52.0 Å². The fourth-order valence-electron chi connectivity index (χ4n) is 3.69. The van der Waals surface area contributed by atoms with E-state index < -0.39 is 29.2 Å². The fourth-order valence-corrected chi connectivity index (χ4v) is 3.69. The van der Waals surface area contributed by atoms with Gasteiger partial charge < -0.3 is 25.0 Å². The minimum absolute atomic E-state index is 0.309. The lowest BCUT2D eigenvalue weighted by atomic mass is 9.92. The Hall–Kier alpha value is -3.55. The average Bonchev–Trinajstić information content (AvgIpc) is 2.80. The first-order chi connectivity index (χ1) is 16.8. The number of anilines is 1. The van der Waals surface area contributed by atoms with Crippen LogP contribution < -0.4 is 15.4 Å². The maximum Gasteiger partial charge on any atom is 0.408 e. The fraction of sp³-hybridized carbons (Fsp3) is 0.464. The van der Waals surface area contributed by atoms with E-state index in [1.54, 1.807) is 57.0 Å². The van der Waals surface area contributed by atoms with Crippen molar-refractivity contribution in [3.8, 4) is 5.75 Å². The zero-order chi connectivity index (χ0) is 27.1. The van der Waals surface area contributed by atoms with Crippen LogP contribution in [0.2, 0.25) is 0 Å². The molecule has 0 heterocycles. The minimum atomic E-state index is -0.935. The molecule has 0 radical (unpaired) electrons. The molecule has 1 unspecified atom stereocenters. The topological polar surface area (TPSA) is 97.0 Å². The Balaban J connectivity index is 2.44. The molecule has 0 spiro atoms. The van der Waals surface area contributed by atoms with Gasteiger partial charge in [0.25, 0.3) is 5.91 Å². The largest absolute Gasteiger partial charge is 0.497 e. The van der Waals surface area contributed by atoms with E-state index in [-0.39, 0.29) is 12.5 Å². The van der Waals surface area contributed by atoms with Crippen molar-refractivity contribution < 1.29 is 23.9 Å². The summed E-state index contributed by atoms with van der Waals surface area (Å²) in [5, 5.41) is 5.48. The van der Waals surface area contributed by atoms with E-state index in [0.717, 1.165) is 5.56 Å². The molecule has 2 N–H and O–H groups in total. The first-order valence-electron chi connectivity index (χ1n) is 12.1. The van der Waals surface area contributed by atoms with Crippen LogP contribution >= 0.6 is 0 Å². The summed E-state index contributed by atoms with van der Waals surface area (Å²) in [7, 11) is 1.57. The number of nitrogens with zero attached hydrogens (tertiary/aromatic N) is 1. The molecule has 0 saturated carbocycles. The van der Waals surface area contributed by atoms with Crippen LogP contribution in [0.1, 0.15) is 65.1 Å². The summed E-state index contributed by atoms with van der Waals surface area (Å²) in [6, 6.07) is 13.6. The predicted octanol–water partition coefficient (Wildman–Crippen LogP) is 5.23. The third-order valence-corrected chi connectivity index (χ3v) is 5.79. The summed E-state index contributed by atoms with van der Waals surface area (Å²) >= 11 is 0. The van der Waals surface area contributed by atoms with Gasteiger partial charge in [0.1, 0.15) is 23.9 Å². The summed E-state index contributed by atoms with van der Waals surface area (Å²) in [4.78, 5) is 41.2. The minimum Gasteiger partial charge on any atom is -0.497 e. The molecule has 2 aromatic carbocycles. The maximum atomic E-state index is 13.8. The van der Waals surface area contributed by atoms with E-state index in [1.165, 1.54) is 0 Å². The highest BCUT2D eigenvalue weighted by molar-refractivity contribution is 5.98. The molecule has 0 aliphatic carbocycles.